The van der Waals surface area contributed by atoms with Crippen LogP contribution in [0.25, 0.3) is 0 Å². The van der Waals surface area contributed by atoms with Crippen molar-refractivity contribution in [1.82, 2.24) is 9.97 Å². The third kappa shape index (κ3) is 4.65. The molecular weight excluding hydrogens is 430 g/mol. The summed E-state index contributed by atoms with van der Waals surface area (Å²) in [6, 6.07) is 6.50. The van der Waals surface area contributed by atoms with Gasteiger partial charge < -0.3 is 10.6 Å². The number of rotatable bonds is 2. The minimum absolute atomic E-state index is 0.412. The minimum Gasteiger partial charge on any atom is -0.398 e. The maximum Gasteiger partial charge on any atom is 0.135 e. The van der Waals surface area contributed by atoms with Crippen LogP contribution in [0, 0.1) is 22.7 Å². The fourth-order valence-electron chi connectivity index (χ4n) is 6.71. The van der Waals surface area contributed by atoms with Gasteiger partial charge in [-0.15, -0.1) is 0 Å². The first-order valence-electron chi connectivity index (χ1n) is 13.9. The molecule has 1 aliphatic heterocycles. The average molecular weight is 472 g/mol. The summed E-state index contributed by atoms with van der Waals surface area (Å²) in [5.41, 5.74) is 12.8. The SMILES string of the molecule is CCc1nc2c(c(N3CC4(CCC(C)CC4)C3)n1)CCCCCC(C)c1ccc(N)c(C#N)c1C2. The van der Waals surface area contributed by atoms with E-state index < -0.39 is 0 Å². The standard InChI is InChI=1S/C30H41N5/c1-4-28-33-27-16-24-22(10-11-26(32)25(24)17-31)21(3)8-6-5-7-9-23(27)29(34-28)35-18-30(19-35)14-12-20(2)13-15-30/h10-11,20-21H,4-9,12-16,18-19,32H2,1-3H3. The lowest BCUT2D eigenvalue weighted by Crippen LogP contribution is -2.58. The summed E-state index contributed by atoms with van der Waals surface area (Å²) >= 11 is 0. The molecule has 186 valence electrons. The lowest BCUT2D eigenvalue weighted by atomic mass is 9.66. The van der Waals surface area contributed by atoms with Gasteiger partial charge in [-0.2, -0.15) is 5.26 Å². The molecule has 2 aromatic rings. The van der Waals surface area contributed by atoms with Crippen molar-refractivity contribution in [2.45, 2.75) is 97.3 Å². The van der Waals surface area contributed by atoms with Gasteiger partial charge in [0.25, 0.3) is 0 Å². The first-order valence-corrected chi connectivity index (χ1v) is 13.9. The zero-order valence-corrected chi connectivity index (χ0v) is 21.9. The monoisotopic (exact) mass is 471 g/mol. The summed E-state index contributed by atoms with van der Waals surface area (Å²) in [5.74, 6) is 3.38. The number of nitriles is 1. The number of nitrogens with two attached hydrogens (primary N) is 1. The molecule has 1 saturated heterocycles. The van der Waals surface area contributed by atoms with Crippen LogP contribution in [0.4, 0.5) is 11.5 Å². The number of aryl methyl sites for hydroxylation is 1. The van der Waals surface area contributed by atoms with E-state index in [1.807, 2.05) is 6.07 Å². The molecule has 1 spiro atoms. The van der Waals surface area contributed by atoms with Crippen LogP contribution in [0.2, 0.25) is 0 Å². The van der Waals surface area contributed by atoms with Gasteiger partial charge in [-0.25, -0.2) is 9.97 Å². The lowest BCUT2D eigenvalue weighted by Gasteiger charge is -2.54. The second kappa shape index (κ2) is 9.80. The predicted octanol–water partition coefficient (Wildman–Crippen LogP) is 6.32. The Morgan fingerprint density at radius 2 is 1.83 bits per heavy atom. The number of aromatic nitrogens is 2. The fourth-order valence-corrected chi connectivity index (χ4v) is 6.71. The van der Waals surface area contributed by atoms with Gasteiger partial charge in [0.05, 0.1) is 11.3 Å². The molecule has 2 fully saturated rings. The van der Waals surface area contributed by atoms with Crippen molar-refractivity contribution in [3.8, 4) is 6.07 Å². The van der Waals surface area contributed by atoms with E-state index >= 15 is 0 Å². The Morgan fingerprint density at radius 1 is 1.06 bits per heavy atom. The van der Waals surface area contributed by atoms with Crippen molar-refractivity contribution < 1.29 is 0 Å². The van der Waals surface area contributed by atoms with Crippen molar-refractivity contribution in [2.75, 3.05) is 23.7 Å². The summed E-state index contributed by atoms with van der Waals surface area (Å²) in [6.45, 7) is 9.11. The van der Waals surface area contributed by atoms with Gasteiger partial charge in [-0.1, -0.05) is 52.5 Å². The van der Waals surface area contributed by atoms with Crippen LogP contribution in [0.15, 0.2) is 12.1 Å². The smallest absolute Gasteiger partial charge is 0.135 e. The summed E-state index contributed by atoms with van der Waals surface area (Å²) in [5, 5.41) is 10.0. The summed E-state index contributed by atoms with van der Waals surface area (Å²) in [6.07, 6.45) is 12.7. The van der Waals surface area contributed by atoms with E-state index in [0.29, 0.717) is 29.0 Å². The molecule has 2 aliphatic carbocycles. The van der Waals surface area contributed by atoms with Gasteiger partial charge in [0, 0.05) is 42.6 Å². The van der Waals surface area contributed by atoms with E-state index in [1.165, 1.54) is 61.9 Å². The Kier molecular flexibility index (Phi) is 6.75. The summed E-state index contributed by atoms with van der Waals surface area (Å²) < 4.78 is 0. The van der Waals surface area contributed by atoms with Crippen molar-refractivity contribution in [2.24, 2.45) is 11.3 Å². The Bertz CT molecular complexity index is 1110. The van der Waals surface area contributed by atoms with Gasteiger partial charge in [0.2, 0.25) is 0 Å². The van der Waals surface area contributed by atoms with Crippen molar-refractivity contribution in [1.29, 1.82) is 5.26 Å². The number of fused-ring (bicyclic) bond motifs is 2. The molecule has 35 heavy (non-hydrogen) atoms. The van der Waals surface area contributed by atoms with Crippen LogP contribution >= 0.6 is 0 Å². The van der Waals surface area contributed by atoms with Crippen molar-refractivity contribution >= 4 is 11.5 Å². The first kappa shape index (κ1) is 24.1. The second-order valence-electron chi connectivity index (χ2n) is 11.7. The zero-order chi connectivity index (χ0) is 24.6. The molecular formula is C30H41N5. The molecule has 5 rings (SSSR count). The highest BCUT2D eigenvalue weighted by atomic mass is 15.3. The maximum absolute atomic E-state index is 10.0. The largest absolute Gasteiger partial charge is 0.398 e. The van der Waals surface area contributed by atoms with E-state index in [2.05, 4.69) is 37.8 Å². The van der Waals surface area contributed by atoms with Crippen LogP contribution in [0.5, 0.6) is 0 Å². The van der Waals surface area contributed by atoms with Gasteiger partial charge in [0.15, 0.2) is 0 Å². The van der Waals surface area contributed by atoms with Gasteiger partial charge in [-0.05, 0) is 61.1 Å². The van der Waals surface area contributed by atoms with Gasteiger partial charge in [-0.3, -0.25) is 0 Å². The van der Waals surface area contributed by atoms with Crippen LogP contribution in [0.1, 0.15) is 112 Å². The maximum atomic E-state index is 10.0. The second-order valence-corrected chi connectivity index (χ2v) is 11.7. The highest BCUT2D eigenvalue weighted by Crippen LogP contribution is 2.47. The highest BCUT2D eigenvalue weighted by Gasteiger charge is 2.45. The molecule has 0 radical (unpaired) electrons. The predicted molar refractivity (Wildman–Crippen MR) is 143 cm³/mol. The molecule has 5 heteroatoms. The molecule has 1 aromatic carbocycles. The fraction of sp³-hybridized carbons (Fsp3) is 0.633. The van der Waals surface area contributed by atoms with Crippen LogP contribution in [-0.4, -0.2) is 23.1 Å². The molecule has 3 aliphatic rings. The topological polar surface area (TPSA) is 78.8 Å². The average Bonchev–Trinajstić information content (AvgIpc) is 2.86. The summed E-state index contributed by atoms with van der Waals surface area (Å²) in [4.78, 5) is 12.8. The molecule has 0 bridgehead atoms. The number of nitrogen functional groups attached to an aromatic ring is 1. The van der Waals surface area contributed by atoms with E-state index in [1.54, 1.807) is 0 Å². The van der Waals surface area contributed by atoms with Gasteiger partial charge >= 0.3 is 0 Å². The minimum atomic E-state index is 0.412. The third-order valence-electron chi connectivity index (χ3n) is 9.05. The normalized spacial score (nSPS) is 22.5. The number of hydrogen-bond acceptors (Lipinski definition) is 5. The van der Waals surface area contributed by atoms with Gasteiger partial charge in [0.1, 0.15) is 17.7 Å². The molecule has 2 heterocycles. The zero-order valence-electron chi connectivity index (χ0n) is 21.9. The quantitative estimate of drug-likeness (QED) is 0.519. The Balaban J connectivity index is 1.56. The Hall–Kier alpha value is -2.61. The van der Waals surface area contributed by atoms with Crippen molar-refractivity contribution in [3.05, 3.63) is 45.9 Å². The van der Waals surface area contributed by atoms with E-state index in [4.69, 9.17) is 15.7 Å². The molecule has 1 unspecified atom stereocenters. The molecule has 5 nitrogen and oxygen atoms in total. The first-order chi connectivity index (χ1) is 16.9. The Labute approximate surface area is 211 Å². The lowest BCUT2D eigenvalue weighted by molar-refractivity contribution is 0.113. The molecule has 0 amide bonds. The van der Waals surface area contributed by atoms with Crippen LogP contribution in [0.3, 0.4) is 0 Å². The van der Waals surface area contributed by atoms with Crippen LogP contribution < -0.4 is 10.6 Å². The van der Waals surface area contributed by atoms with Crippen molar-refractivity contribution in [3.63, 3.8) is 0 Å². The third-order valence-corrected chi connectivity index (χ3v) is 9.05. The number of anilines is 2. The molecule has 1 saturated carbocycles. The van der Waals surface area contributed by atoms with E-state index in [9.17, 15) is 5.26 Å². The molecule has 2 N–H and O–H groups in total. The number of nitrogens with zero attached hydrogens (tertiary/aromatic N) is 4. The van der Waals surface area contributed by atoms with E-state index in [0.717, 1.165) is 55.4 Å². The summed E-state index contributed by atoms with van der Waals surface area (Å²) in [7, 11) is 0. The van der Waals surface area contributed by atoms with Crippen LogP contribution in [-0.2, 0) is 19.3 Å². The number of hydrogen-bond donors (Lipinski definition) is 1. The Morgan fingerprint density at radius 3 is 2.54 bits per heavy atom. The molecule has 1 aromatic heterocycles. The molecule has 1 atom stereocenters. The number of benzene rings is 1. The van der Waals surface area contributed by atoms with E-state index in [-0.39, 0.29) is 0 Å². The highest BCUT2D eigenvalue weighted by molar-refractivity contribution is 5.62.